The Morgan fingerprint density at radius 2 is 2.13 bits per heavy atom. The van der Waals surface area contributed by atoms with Gasteiger partial charge in [-0.1, -0.05) is 43.3 Å². The maximum Gasteiger partial charge on any atom is 0.416 e. The second-order valence-electron chi connectivity index (χ2n) is 5.54. The Bertz CT molecular complexity index is 602. The minimum absolute atomic E-state index is 0.0916. The van der Waals surface area contributed by atoms with E-state index in [1.165, 1.54) is 13.8 Å². The number of hydrogen-bond acceptors (Lipinski definition) is 4. The van der Waals surface area contributed by atoms with Gasteiger partial charge in [-0.15, -0.1) is 0 Å². The molecule has 6 heteroatoms. The zero-order valence-electron chi connectivity index (χ0n) is 13.1. The monoisotopic (exact) mass is 321 g/mol. The number of rotatable bonds is 5. The fourth-order valence-corrected chi connectivity index (χ4v) is 2.53. The standard InChI is InChI=1S/C17H20FNO4/c1-3-14(18)15(20)11(2)16(21)19-13(10-23-17(19)22)9-12-7-5-4-6-8-12/h3-8,11,13,15,20H,9-10H2,1-2H3/t11-,13+,15-/m0/s1. The maximum atomic E-state index is 13.5. The molecular formula is C17H20FNO4. The lowest BCUT2D eigenvalue weighted by atomic mass is 9.99. The fourth-order valence-electron chi connectivity index (χ4n) is 2.53. The molecule has 124 valence electrons. The molecule has 1 heterocycles. The number of cyclic esters (lactones) is 1. The van der Waals surface area contributed by atoms with Gasteiger partial charge in [0.05, 0.1) is 12.0 Å². The number of hydrogen-bond donors (Lipinski definition) is 1. The quantitative estimate of drug-likeness (QED) is 0.904. The van der Waals surface area contributed by atoms with E-state index in [-0.39, 0.29) is 6.61 Å². The molecule has 0 unspecified atom stereocenters. The number of nitrogens with zero attached hydrogens (tertiary/aromatic N) is 1. The summed E-state index contributed by atoms with van der Waals surface area (Å²) in [6.45, 7) is 2.91. The first kappa shape index (κ1) is 17.1. The molecule has 2 amide bonds. The van der Waals surface area contributed by atoms with Gasteiger partial charge < -0.3 is 9.84 Å². The lowest BCUT2D eigenvalue weighted by Gasteiger charge is -2.25. The number of carbonyl (C=O) groups excluding carboxylic acids is 2. The van der Waals surface area contributed by atoms with Crippen molar-refractivity contribution in [1.29, 1.82) is 0 Å². The zero-order valence-corrected chi connectivity index (χ0v) is 13.1. The number of amides is 2. The minimum atomic E-state index is -1.57. The van der Waals surface area contributed by atoms with Crippen LogP contribution in [0.2, 0.25) is 0 Å². The third-order valence-corrected chi connectivity index (χ3v) is 3.93. The van der Waals surface area contributed by atoms with Gasteiger partial charge >= 0.3 is 6.09 Å². The second kappa shape index (κ2) is 7.37. The third-order valence-electron chi connectivity index (χ3n) is 3.93. The molecule has 0 radical (unpaired) electrons. The summed E-state index contributed by atoms with van der Waals surface area (Å²) in [4.78, 5) is 25.4. The molecule has 1 aromatic carbocycles. The average molecular weight is 321 g/mol. The van der Waals surface area contributed by atoms with E-state index in [0.29, 0.717) is 6.42 Å². The summed E-state index contributed by atoms with van der Waals surface area (Å²) in [6, 6.07) is 8.94. The first-order valence-electron chi connectivity index (χ1n) is 7.49. The van der Waals surface area contributed by atoms with Gasteiger partial charge in [0.2, 0.25) is 5.91 Å². The van der Waals surface area contributed by atoms with Crippen LogP contribution in [0.3, 0.4) is 0 Å². The Kier molecular flexibility index (Phi) is 5.50. The fraction of sp³-hybridized carbons (Fsp3) is 0.412. The number of benzene rings is 1. The van der Waals surface area contributed by atoms with Crippen molar-refractivity contribution in [2.24, 2.45) is 5.92 Å². The molecule has 1 N–H and O–H groups in total. The van der Waals surface area contributed by atoms with E-state index in [1.54, 1.807) is 0 Å². The first-order chi connectivity index (χ1) is 11.0. The summed E-state index contributed by atoms with van der Waals surface area (Å²) < 4.78 is 18.5. The van der Waals surface area contributed by atoms with Crippen molar-refractivity contribution in [1.82, 2.24) is 4.90 Å². The number of aliphatic hydroxyl groups is 1. The van der Waals surface area contributed by atoms with E-state index in [1.807, 2.05) is 30.3 Å². The van der Waals surface area contributed by atoms with Gasteiger partial charge in [0, 0.05) is 0 Å². The average Bonchev–Trinajstić information content (AvgIpc) is 2.93. The number of imide groups is 1. The molecule has 1 aliphatic rings. The Labute approximate surface area is 134 Å². The Hall–Kier alpha value is -2.21. The van der Waals surface area contributed by atoms with E-state index in [4.69, 9.17) is 4.74 Å². The van der Waals surface area contributed by atoms with Gasteiger partial charge in [-0.25, -0.2) is 14.1 Å². The highest BCUT2D eigenvalue weighted by atomic mass is 19.1. The molecule has 0 saturated carbocycles. The highest BCUT2D eigenvalue weighted by Crippen LogP contribution is 2.23. The predicted molar refractivity (Wildman–Crippen MR) is 82.2 cm³/mol. The molecule has 3 atom stereocenters. The lowest BCUT2D eigenvalue weighted by Crippen LogP contribution is -2.45. The van der Waals surface area contributed by atoms with Crippen LogP contribution in [0.1, 0.15) is 19.4 Å². The summed E-state index contributed by atoms with van der Waals surface area (Å²) in [7, 11) is 0. The van der Waals surface area contributed by atoms with Crippen LogP contribution in [-0.4, -0.2) is 40.8 Å². The summed E-state index contributed by atoms with van der Waals surface area (Å²) in [6.07, 6.45) is -0.778. The molecule has 2 rings (SSSR count). The molecule has 0 aliphatic carbocycles. The maximum absolute atomic E-state index is 13.5. The number of carbonyl (C=O) groups is 2. The normalized spacial score (nSPS) is 21.0. The van der Waals surface area contributed by atoms with Crippen LogP contribution in [0.4, 0.5) is 9.18 Å². The summed E-state index contributed by atoms with van der Waals surface area (Å²) in [5.41, 5.74) is 0.960. The third kappa shape index (κ3) is 3.76. The number of ether oxygens (including phenoxy) is 1. The van der Waals surface area contributed by atoms with Crippen molar-refractivity contribution in [2.75, 3.05) is 6.61 Å². The van der Waals surface area contributed by atoms with Crippen molar-refractivity contribution in [3.8, 4) is 0 Å². The molecule has 0 spiro atoms. The van der Waals surface area contributed by atoms with Crippen molar-refractivity contribution >= 4 is 12.0 Å². The van der Waals surface area contributed by atoms with Crippen molar-refractivity contribution in [3.63, 3.8) is 0 Å². The molecule has 1 aliphatic heterocycles. The minimum Gasteiger partial charge on any atom is -0.447 e. The van der Waals surface area contributed by atoms with Gasteiger partial charge in [0.15, 0.2) is 0 Å². The highest BCUT2D eigenvalue weighted by Gasteiger charge is 2.41. The van der Waals surface area contributed by atoms with Gasteiger partial charge in [-0.05, 0) is 18.9 Å². The largest absolute Gasteiger partial charge is 0.447 e. The van der Waals surface area contributed by atoms with Crippen LogP contribution >= 0.6 is 0 Å². The van der Waals surface area contributed by atoms with Gasteiger partial charge in [-0.2, -0.15) is 0 Å². The Morgan fingerprint density at radius 3 is 2.74 bits per heavy atom. The van der Waals surface area contributed by atoms with Gasteiger partial charge in [-0.3, -0.25) is 4.79 Å². The van der Waals surface area contributed by atoms with E-state index in [2.05, 4.69) is 0 Å². The van der Waals surface area contributed by atoms with Gasteiger partial charge in [0.1, 0.15) is 18.5 Å². The van der Waals surface area contributed by atoms with Crippen LogP contribution in [0.25, 0.3) is 0 Å². The molecule has 0 bridgehead atoms. The topological polar surface area (TPSA) is 66.8 Å². The summed E-state index contributed by atoms with van der Waals surface area (Å²) >= 11 is 0. The Morgan fingerprint density at radius 1 is 1.48 bits per heavy atom. The molecule has 5 nitrogen and oxygen atoms in total. The molecule has 1 saturated heterocycles. The SMILES string of the molecule is CC=C(F)[C@@H](O)[C@H](C)C(=O)N1C(=O)OC[C@H]1Cc1ccccc1. The second-order valence-corrected chi connectivity index (χ2v) is 5.54. The predicted octanol–water partition coefficient (Wildman–Crippen LogP) is 2.45. The Balaban J connectivity index is 2.14. The van der Waals surface area contributed by atoms with E-state index in [0.717, 1.165) is 16.5 Å². The van der Waals surface area contributed by atoms with E-state index in [9.17, 15) is 19.1 Å². The van der Waals surface area contributed by atoms with Crippen LogP contribution in [-0.2, 0) is 16.0 Å². The molecular weight excluding hydrogens is 301 g/mol. The van der Waals surface area contributed by atoms with Gasteiger partial charge in [0.25, 0.3) is 0 Å². The molecule has 23 heavy (non-hydrogen) atoms. The van der Waals surface area contributed by atoms with E-state index >= 15 is 0 Å². The molecule has 1 aromatic rings. The van der Waals surface area contributed by atoms with Crippen LogP contribution in [0.15, 0.2) is 42.2 Å². The van der Waals surface area contributed by atoms with Crippen LogP contribution < -0.4 is 0 Å². The van der Waals surface area contributed by atoms with E-state index < -0.39 is 35.9 Å². The summed E-state index contributed by atoms with van der Waals surface area (Å²) in [5, 5.41) is 9.84. The number of allylic oxidation sites excluding steroid dienone is 1. The smallest absolute Gasteiger partial charge is 0.416 e. The molecule has 1 fully saturated rings. The zero-order chi connectivity index (χ0) is 17.0. The molecule has 0 aromatic heterocycles. The number of aliphatic hydroxyl groups excluding tert-OH is 1. The van der Waals surface area contributed by atoms with Crippen molar-refractivity contribution in [2.45, 2.75) is 32.4 Å². The lowest BCUT2D eigenvalue weighted by molar-refractivity contribution is -0.135. The van der Waals surface area contributed by atoms with Crippen LogP contribution in [0.5, 0.6) is 0 Å². The van der Waals surface area contributed by atoms with Crippen molar-refractivity contribution < 1.29 is 23.8 Å². The summed E-state index contributed by atoms with van der Waals surface area (Å²) in [5.74, 6) is -2.51. The first-order valence-corrected chi connectivity index (χ1v) is 7.49. The van der Waals surface area contributed by atoms with Crippen LogP contribution in [0, 0.1) is 5.92 Å². The highest BCUT2D eigenvalue weighted by molar-refractivity contribution is 5.95. The number of halogens is 1. The van der Waals surface area contributed by atoms with Crippen molar-refractivity contribution in [3.05, 3.63) is 47.8 Å².